The lowest BCUT2D eigenvalue weighted by molar-refractivity contribution is 0.0163. The van der Waals surface area contributed by atoms with Gasteiger partial charge in [-0.25, -0.2) is 0 Å². The van der Waals surface area contributed by atoms with Crippen LogP contribution >= 0.6 is 0 Å². The van der Waals surface area contributed by atoms with Crippen LogP contribution in [0.3, 0.4) is 0 Å². The molecule has 1 heterocycles. The molecule has 0 amide bonds. The summed E-state index contributed by atoms with van der Waals surface area (Å²) in [7, 11) is 0. The molecule has 1 aliphatic rings. The number of rotatable bonds is 7. The molecule has 1 saturated heterocycles. The molecule has 0 bridgehead atoms. The van der Waals surface area contributed by atoms with E-state index in [4.69, 9.17) is 4.74 Å². The Bertz CT molecular complexity index is 606. The summed E-state index contributed by atoms with van der Waals surface area (Å²) >= 11 is 0. The van der Waals surface area contributed by atoms with Crippen molar-refractivity contribution in [1.82, 2.24) is 10.2 Å². The quantitative estimate of drug-likeness (QED) is 0.791. The maximum atomic E-state index is 5.50. The Morgan fingerprint density at radius 2 is 1.62 bits per heavy atom. The fraction of sp³-hybridized carbons (Fsp3) is 0.333. The van der Waals surface area contributed by atoms with Crippen molar-refractivity contribution in [2.24, 2.45) is 0 Å². The summed E-state index contributed by atoms with van der Waals surface area (Å²) in [5.74, 6) is 0. The summed E-state index contributed by atoms with van der Waals surface area (Å²) in [6.07, 6.45) is 4.36. The molecule has 0 saturated carbocycles. The zero-order chi connectivity index (χ0) is 16.5. The molecule has 1 N–H and O–H groups in total. The van der Waals surface area contributed by atoms with Gasteiger partial charge in [-0.3, -0.25) is 4.90 Å². The van der Waals surface area contributed by atoms with E-state index in [1.54, 1.807) is 0 Å². The maximum Gasteiger partial charge on any atom is 0.0594 e. The predicted molar refractivity (Wildman–Crippen MR) is 99.9 cm³/mol. The van der Waals surface area contributed by atoms with Crippen LogP contribution in [0.15, 0.2) is 66.7 Å². The summed E-state index contributed by atoms with van der Waals surface area (Å²) in [4.78, 5) is 2.52. The van der Waals surface area contributed by atoms with E-state index in [9.17, 15) is 0 Å². The minimum absolute atomic E-state index is 0.403. The summed E-state index contributed by atoms with van der Waals surface area (Å²) in [6.45, 7) is 5.49. The summed E-state index contributed by atoms with van der Waals surface area (Å²) in [5, 5.41) is 3.58. The molecule has 0 spiro atoms. The highest BCUT2D eigenvalue weighted by molar-refractivity contribution is 5.48. The largest absolute Gasteiger partial charge is 0.379 e. The van der Waals surface area contributed by atoms with Gasteiger partial charge < -0.3 is 10.1 Å². The van der Waals surface area contributed by atoms with Crippen LogP contribution in [0.5, 0.6) is 0 Å². The van der Waals surface area contributed by atoms with Crippen LogP contribution in [-0.2, 0) is 4.74 Å². The number of hydrogen-bond donors (Lipinski definition) is 1. The zero-order valence-corrected chi connectivity index (χ0v) is 14.1. The van der Waals surface area contributed by atoms with E-state index >= 15 is 0 Å². The second kappa shape index (κ2) is 9.38. The monoisotopic (exact) mass is 322 g/mol. The summed E-state index contributed by atoms with van der Waals surface area (Å²) < 4.78 is 5.50. The number of hydrogen-bond acceptors (Lipinski definition) is 3. The standard InChI is InChI=1S/C21H26N2O/c1-3-8-19(9-4-1)10-7-13-22-18-21(20-11-5-2-6-12-20)23-14-16-24-17-15-23/h1-12,21-22H,13-18H2/b10-7+. The number of benzene rings is 2. The second-order valence-electron chi connectivity index (χ2n) is 6.05. The number of morpholine rings is 1. The van der Waals surface area contributed by atoms with E-state index in [0.717, 1.165) is 39.4 Å². The fourth-order valence-corrected chi connectivity index (χ4v) is 3.08. The highest BCUT2D eigenvalue weighted by Gasteiger charge is 2.21. The van der Waals surface area contributed by atoms with Gasteiger partial charge in [-0.05, 0) is 11.1 Å². The molecule has 0 aromatic heterocycles. The van der Waals surface area contributed by atoms with Gasteiger partial charge in [0.1, 0.15) is 0 Å². The molecule has 3 heteroatoms. The third-order valence-corrected chi connectivity index (χ3v) is 4.38. The lowest BCUT2D eigenvalue weighted by Gasteiger charge is -2.35. The molecule has 2 aromatic rings. The minimum atomic E-state index is 0.403. The lowest BCUT2D eigenvalue weighted by Crippen LogP contribution is -2.42. The van der Waals surface area contributed by atoms with Crippen LogP contribution in [0.1, 0.15) is 17.2 Å². The maximum absolute atomic E-state index is 5.50. The van der Waals surface area contributed by atoms with Gasteiger partial charge >= 0.3 is 0 Å². The minimum Gasteiger partial charge on any atom is -0.379 e. The number of nitrogens with zero attached hydrogens (tertiary/aromatic N) is 1. The first-order valence-electron chi connectivity index (χ1n) is 8.72. The first-order valence-corrected chi connectivity index (χ1v) is 8.72. The Kier molecular flexibility index (Phi) is 6.60. The van der Waals surface area contributed by atoms with Crippen LogP contribution in [0, 0.1) is 0 Å². The van der Waals surface area contributed by atoms with Crippen molar-refractivity contribution < 1.29 is 4.74 Å². The Balaban J connectivity index is 1.55. The van der Waals surface area contributed by atoms with Gasteiger partial charge in [0, 0.05) is 32.2 Å². The van der Waals surface area contributed by atoms with Crippen LogP contribution in [0.25, 0.3) is 6.08 Å². The van der Waals surface area contributed by atoms with Crippen molar-refractivity contribution >= 4 is 6.08 Å². The van der Waals surface area contributed by atoms with Gasteiger partial charge in [-0.15, -0.1) is 0 Å². The Hall–Kier alpha value is -1.94. The van der Waals surface area contributed by atoms with E-state index in [1.807, 2.05) is 6.07 Å². The third kappa shape index (κ3) is 5.03. The molecule has 24 heavy (non-hydrogen) atoms. The van der Waals surface area contributed by atoms with Gasteiger partial charge in [0.15, 0.2) is 0 Å². The van der Waals surface area contributed by atoms with Gasteiger partial charge in [0.05, 0.1) is 13.2 Å². The molecule has 0 aliphatic carbocycles. The predicted octanol–water partition coefficient (Wildman–Crippen LogP) is 3.36. The molecule has 2 aromatic carbocycles. The highest BCUT2D eigenvalue weighted by atomic mass is 16.5. The molecule has 3 nitrogen and oxygen atoms in total. The Morgan fingerprint density at radius 1 is 0.958 bits per heavy atom. The van der Waals surface area contributed by atoms with Crippen LogP contribution in [0.2, 0.25) is 0 Å². The van der Waals surface area contributed by atoms with Crippen LogP contribution in [0.4, 0.5) is 0 Å². The molecule has 1 atom stereocenters. The summed E-state index contributed by atoms with van der Waals surface area (Å²) in [6, 6.07) is 21.6. The molecule has 1 fully saturated rings. The molecular formula is C21H26N2O. The van der Waals surface area contributed by atoms with Crippen molar-refractivity contribution in [1.29, 1.82) is 0 Å². The first-order chi connectivity index (χ1) is 11.9. The van der Waals surface area contributed by atoms with Crippen LogP contribution in [-0.4, -0.2) is 44.3 Å². The molecule has 1 aliphatic heterocycles. The van der Waals surface area contributed by atoms with Crippen molar-refractivity contribution in [2.75, 3.05) is 39.4 Å². The van der Waals surface area contributed by atoms with Crippen molar-refractivity contribution in [3.8, 4) is 0 Å². The van der Waals surface area contributed by atoms with Crippen molar-refractivity contribution in [3.05, 3.63) is 77.9 Å². The van der Waals surface area contributed by atoms with Gasteiger partial charge in [-0.1, -0.05) is 72.8 Å². The normalized spacial score (nSPS) is 17.2. The topological polar surface area (TPSA) is 24.5 Å². The van der Waals surface area contributed by atoms with Gasteiger partial charge in [-0.2, -0.15) is 0 Å². The van der Waals surface area contributed by atoms with Crippen LogP contribution < -0.4 is 5.32 Å². The van der Waals surface area contributed by atoms with Crippen molar-refractivity contribution in [3.63, 3.8) is 0 Å². The number of ether oxygens (including phenoxy) is 1. The average Bonchev–Trinajstić information content (AvgIpc) is 2.67. The Morgan fingerprint density at radius 3 is 2.33 bits per heavy atom. The van der Waals surface area contributed by atoms with Gasteiger partial charge in [0.25, 0.3) is 0 Å². The highest BCUT2D eigenvalue weighted by Crippen LogP contribution is 2.20. The Labute approximate surface area is 145 Å². The lowest BCUT2D eigenvalue weighted by atomic mass is 10.0. The summed E-state index contributed by atoms with van der Waals surface area (Å²) in [5.41, 5.74) is 2.62. The van der Waals surface area contributed by atoms with E-state index in [0.29, 0.717) is 6.04 Å². The third-order valence-electron chi connectivity index (χ3n) is 4.38. The number of nitrogens with one attached hydrogen (secondary N) is 1. The van der Waals surface area contributed by atoms with Crippen molar-refractivity contribution in [2.45, 2.75) is 6.04 Å². The average molecular weight is 322 g/mol. The molecule has 0 radical (unpaired) electrons. The van der Waals surface area contributed by atoms with E-state index < -0.39 is 0 Å². The first kappa shape index (κ1) is 16.9. The SMILES string of the molecule is C(=C\c1ccccc1)/CNCC(c1ccccc1)N1CCOCC1. The molecule has 3 rings (SSSR count). The van der Waals surface area contributed by atoms with E-state index in [1.165, 1.54) is 11.1 Å². The van der Waals surface area contributed by atoms with E-state index in [2.05, 4.69) is 77.0 Å². The molecule has 1 unspecified atom stereocenters. The van der Waals surface area contributed by atoms with E-state index in [-0.39, 0.29) is 0 Å². The molecular weight excluding hydrogens is 296 g/mol. The van der Waals surface area contributed by atoms with Gasteiger partial charge in [0.2, 0.25) is 0 Å². The second-order valence-corrected chi connectivity index (χ2v) is 6.05. The zero-order valence-electron chi connectivity index (χ0n) is 14.1. The molecule has 126 valence electrons. The fourth-order valence-electron chi connectivity index (χ4n) is 3.08. The smallest absolute Gasteiger partial charge is 0.0594 e.